The molecule has 0 aliphatic rings. The summed E-state index contributed by atoms with van der Waals surface area (Å²) in [5.74, 6) is -2.80. The second-order valence-corrected chi connectivity index (χ2v) is 4.15. The molecule has 1 aromatic carbocycles. The number of amides is 1. The zero-order valence-corrected chi connectivity index (χ0v) is 12.0. The van der Waals surface area contributed by atoms with E-state index in [-0.39, 0.29) is 18.8 Å². The number of aryl methyl sites for hydroxylation is 1. The molecule has 0 heterocycles. The number of carbonyl (C=O) groups is 1. The van der Waals surface area contributed by atoms with Gasteiger partial charge in [-0.3, -0.25) is 4.79 Å². The predicted octanol–water partition coefficient (Wildman–Crippen LogP) is 1.76. The molecule has 1 amide bonds. The largest absolute Gasteiger partial charge is 0.496 e. The van der Waals surface area contributed by atoms with Gasteiger partial charge in [-0.1, -0.05) is 18.2 Å². The van der Waals surface area contributed by atoms with Crippen molar-refractivity contribution in [3.63, 3.8) is 0 Å². The molecule has 0 radical (unpaired) electrons. The molecule has 0 aliphatic carbocycles. The summed E-state index contributed by atoms with van der Waals surface area (Å²) < 4.78 is 30.8. The lowest BCUT2D eigenvalue weighted by Crippen LogP contribution is -2.41. The number of rotatable bonds is 7. The minimum absolute atomic E-state index is 0. The number of hydrogen-bond donors (Lipinski definition) is 2. The molecule has 3 N–H and O–H groups in total. The molecule has 1 aromatic rings. The molecule has 0 bridgehead atoms. The van der Waals surface area contributed by atoms with Crippen molar-refractivity contribution in [2.45, 2.75) is 18.8 Å². The van der Waals surface area contributed by atoms with Gasteiger partial charge in [0.15, 0.2) is 0 Å². The Morgan fingerprint density at radius 3 is 2.65 bits per heavy atom. The van der Waals surface area contributed by atoms with Gasteiger partial charge in [0.2, 0.25) is 5.91 Å². The maximum Gasteiger partial charge on any atom is 0.277 e. The summed E-state index contributed by atoms with van der Waals surface area (Å²) in [5, 5.41) is 2.17. The van der Waals surface area contributed by atoms with Gasteiger partial charge in [0.1, 0.15) is 5.75 Å². The fraction of sp³-hybridized carbons (Fsp3) is 0.462. The van der Waals surface area contributed by atoms with Gasteiger partial charge in [-0.2, -0.15) is 0 Å². The van der Waals surface area contributed by atoms with Crippen LogP contribution < -0.4 is 15.8 Å². The highest BCUT2D eigenvalue weighted by Crippen LogP contribution is 2.18. The first-order valence-corrected chi connectivity index (χ1v) is 5.95. The molecule has 20 heavy (non-hydrogen) atoms. The highest BCUT2D eigenvalue weighted by atomic mass is 35.5. The molecule has 114 valence electrons. The van der Waals surface area contributed by atoms with Crippen LogP contribution in [0.5, 0.6) is 5.75 Å². The molecule has 0 atom stereocenters. The molecule has 7 heteroatoms. The van der Waals surface area contributed by atoms with E-state index in [1.165, 1.54) is 0 Å². The Bertz CT molecular complexity index is 431. The van der Waals surface area contributed by atoms with Crippen LogP contribution in [0.2, 0.25) is 0 Å². The molecule has 0 fully saturated rings. The normalized spacial score (nSPS) is 10.6. The highest BCUT2D eigenvalue weighted by Gasteiger charge is 2.26. The zero-order chi connectivity index (χ0) is 14.3. The van der Waals surface area contributed by atoms with Gasteiger partial charge in [0.25, 0.3) is 5.92 Å². The van der Waals surface area contributed by atoms with Crippen LogP contribution in [0, 0.1) is 0 Å². The van der Waals surface area contributed by atoms with E-state index in [0.717, 1.165) is 5.56 Å². The van der Waals surface area contributed by atoms with Crippen LogP contribution in [-0.4, -0.2) is 32.0 Å². The summed E-state index contributed by atoms with van der Waals surface area (Å²) in [6.45, 7) is -1.51. The topological polar surface area (TPSA) is 64.3 Å². The second kappa shape index (κ2) is 8.71. The number of benzene rings is 1. The Morgan fingerprint density at radius 2 is 2.05 bits per heavy atom. The Hall–Kier alpha value is -1.40. The molecule has 0 spiro atoms. The number of halogens is 3. The van der Waals surface area contributed by atoms with Gasteiger partial charge < -0.3 is 15.8 Å². The third-order valence-electron chi connectivity index (χ3n) is 2.66. The van der Waals surface area contributed by atoms with Gasteiger partial charge in [-0.15, -0.1) is 12.4 Å². The third-order valence-corrected chi connectivity index (χ3v) is 2.66. The fourth-order valence-electron chi connectivity index (χ4n) is 1.55. The number of nitrogens with one attached hydrogen (secondary N) is 1. The van der Waals surface area contributed by atoms with E-state index >= 15 is 0 Å². The number of para-hydroxylation sites is 1. The zero-order valence-electron chi connectivity index (χ0n) is 11.2. The molecular formula is C13H19ClF2N2O2. The van der Waals surface area contributed by atoms with E-state index in [1.807, 2.05) is 18.2 Å². The van der Waals surface area contributed by atoms with Crippen molar-refractivity contribution in [2.75, 3.05) is 20.2 Å². The van der Waals surface area contributed by atoms with Gasteiger partial charge in [0.05, 0.1) is 20.2 Å². The van der Waals surface area contributed by atoms with Crippen molar-refractivity contribution in [3.8, 4) is 5.75 Å². The summed E-state index contributed by atoms with van der Waals surface area (Å²) >= 11 is 0. The average molecular weight is 309 g/mol. The van der Waals surface area contributed by atoms with Crippen LogP contribution in [0.1, 0.15) is 12.0 Å². The lowest BCUT2D eigenvalue weighted by atomic mass is 10.1. The monoisotopic (exact) mass is 308 g/mol. The predicted molar refractivity (Wildman–Crippen MR) is 75.6 cm³/mol. The number of carbonyl (C=O) groups excluding carboxylic acids is 1. The van der Waals surface area contributed by atoms with Crippen LogP contribution in [0.4, 0.5) is 8.78 Å². The number of ether oxygens (including phenoxy) is 1. The third kappa shape index (κ3) is 6.16. The molecule has 0 aromatic heterocycles. The molecule has 4 nitrogen and oxygen atoms in total. The Labute approximate surface area is 123 Å². The lowest BCUT2D eigenvalue weighted by molar-refractivity contribution is -0.122. The van der Waals surface area contributed by atoms with Crippen LogP contribution in [0.15, 0.2) is 24.3 Å². The van der Waals surface area contributed by atoms with E-state index < -0.39 is 24.9 Å². The fourth-order valence-corrected chi connectivity index (χ4v) is 1.55. The smallest absolute Gasteiger partial charge is 0.277 e. The summed E-state index contributed by atoms with van der Waals surface area (Å²) in [6.07, 6.45) is 0.561. The number of alkyl halides is 2. The van der Waals surface area contributed by atoms with Crippen molar-refractivity contribution in [1.82, 2.24) is 5.32 Å². The van der Waals surface area contributed by atoms with E-state index in [2.05, 4.69) is 5.32 Å². The summed E-state index contributed by atoms with van der Waals surface area (Å²) in [7, 11) is 1.54. The Morgan fingerprint density at radius 1 is 1.40 bits per heavy atom. The molecule has 1 rings (SSSR count). The molecular weight excluding hydrogens is 290 g/mol. The summed E-state index contributed by atoms with van der Waals surface area (Å²) in [6, 6.07) is 7.28. The van der Waals surface area contributed by atoms with Gasteiger partial charge in [0, 0.05) is 6.42 Å². The molecule has 0 saturated heterocycles. The van der Waals surface area contributed by atoms with Crippen molar-refractivity contribution in [1.29, 1.82) is 0 Å². The number of methoxy groups -OCH3 is 1. The van der Waals surface area contributed by atoms with Crippen LogP contribution in [0.3, 0.4) is 0 Å². The summed E-state index contributed by atoms with van der Waals surface area (Å²) in [4.78, 5) is 11.5. The number of hydrogen-bond acceptors (Lipinski definition) is 3. The quantitative estimate of drug-likeness (QED) is 0.807. The van der Waals surface area contributed by atoms with Crippen molar-refractivity contribution in [2.24, 2.45) is 5.73 Å². The summed E-state index contributed by atoms with van der Waals surface area (Å²) in [5.41, 5.74) is 5.74. The molecule has 0 aliphatic heterocycles. The first-order valence-electron chi connectivity index (χ1n) is 5.95. The second-order valence-electron chi connectivity index (χ2n) is 4.15. The van der Waals surface area contributed by atoms with E-state index in [1.54, 1.807) is 13.2 Å². The maximum atomic E-state index is 12.8. The average Bonchev–Trinajstić information content (AvgIpc) is 2.43. The van der Waals surface area contributed by atoms with Gasteiger partial charge in [-0.25, -0.2) is 8.78 Å². The van der Waals surface area contributed by atoms with E-state index in [0.29, 0.717) is 12.2 Å². The van der Waals surface area contributed by atoms with Gasteiger partial charge >= 0.3 is 0 Å². The first-order chi connectivity index (χ1) is 8.98. The van der Waals surface area contributed by atoms with Crippen LogP contribution in [-0.2, 0) is 11.2 Å². The van der Waals surface area contributed by atoms with Crippen LogP contribution >= 0.6 is 12.4 Å². The minimum Gasteiger partial charge on any atom is -0.496 e. The Kier molecular flexibility index (Phi) is 8.10. The maximum absolute atomic E-state index is 12.8. The van der Waals surface area contributed by atoms with Crippen LogP contribution in [0.25, 0.3) is 0 Å². The van der Waals surface area contributed by atoms with Gasteiger partial charge in [-0.05, 0) is 18.1 Å². The van der Waals surface area contributed by atoms with E-state index in [9.17, 15) is 13.6 Å². The molecule has 0 saturated carbocycles. The highest BCUT2D eigenvalue weighted by molar-refractivity contribution is 5.85. The van der Waals surface area contributed by atoms with E-state index in [4.69, 9.17) is 10.5 Å². The van der Waals surface area contributed by atoms with Crippen molar-refractivity contribution < 1.29 is 18.3 Å². The lowest BCUT2D eigenvalue weighted by Gasteiger charge is -2.14. The standard InChI is InChI=1S/C13H18F2N2O2.ClH/c1-19-11-5-3-2-4-10(11)6-7-12(18)17-9-13(14,15)8-16;/h2-5H,6-9,16H2,1H3,(H,17,18);1H. The van der Waals surface area contributed by atoms with Crippen molar-refractivity contribution >= 4 is 18.3 Å². The van der Waals surface area contributed by atoms with Crippen molar-refractivity contribution in [3.05, 3.63) is 29.8 Å². The SMILES string of the molecule is COc1ccccc1CCC(=O)NCC(F)(F)CN.Cl. The Balaban J connectivity index is 0.00000361. The first kappa shape index (κ1) is 18.6. The number of nitrogens with two attached hydrogens (primary N) is 1. The molecule has 0 unspecified atom stereocenters. The minimum atomic E-state index is -3.06.